The molecule has 1 atom stereocenters. The van der Waals surface area contributed by atoms with Crippen molar-refractivity contribution in [2.75, 3.05) is 6.54 Å². The van der Waals surface area contributed by atoms with Gasteiger partial charge in [-0.25, -0.2) is 9.97 Å². The van der Waals surface area contributed by atoms with Gasteiger partial charge in [-0.1, -0.05) is 0 Å². The van der Waals surface area contributed by atoms with Crippen LogP contribution < -0.4 is 5.32 Å². The number of rotatable bonds is 3. The number of aryl methyl sites for hydroxylation is 2. The van der Waals surface area contributed by atoms with Crippen molar-refractivity contribution in [3.63, 3.8) is 0 Å². The highest BCUT2D eigenvalue weighted by Crippen LogP contribution is 2.14. The lowest BCUT2D eigenvalue weighted by Crippen LogP contribution is -2.22. The quantitative estimate of drug-likeness (QED) is 0.817. The molecular formula is C12H19N3. The third-order valence-corrected chi connectivity index (χ3v) is 3.33. The topological polar surface area (TPSA) is 37.8 Å². The van der Waals surface area contributed by atoms with Gasteiger partial charge in [0.2, 0.25) is 0 Å². The maximum absolute atomic E-state index is 4.36. The van der Waals surface area contributed by atoms with Crippen molar-refractivity contribution in [1.82, 2.24) is 15.3 Å². The SMILES string of the molecule is Cc1ncnc(CCC2CCCN2)c1C. The monoisotopic (exact) mass is 205 g/mol. The largest absolute Gasteiger partial charge is 0.314 e. The van der Waals surface area contributed by atoms with Gasteiger partial charge in [0.15, 0.2) is 0 Å². The first-order chi connectivity index (χ1) is 7.27. The van der Waals surface area contributed by atoms with E-state index in [0.717, 1.165) is 12.1 Å². The highest BCUT2D eigenvalue weighted by molar-refractivity contribution is 5.21. The summed E-state index contributed by atoms with van der Waals surface area (Å²) in [7, 11) is 0. The van der Waals surface area contributed by atoms with Crippen LogP contribution in [0.3, 0.4) is 0 Å². The van der Waals surface area contributed by atoms with Gasteiger partial charge in [-0.2, -0.15) is 0 Å². The lowest BCUT2D eigenvalue weighted by atomic mass is 10.0. The van der Waals surface area contributed by atoms with Gasteiger partial charge >= 0.3 is 0 Å². The third kappa shape index (κ3) is 2.53. The Labute approximate surface area is 91.3 Å². The van der Waals surface area contributed by atoms with E-state index < -0.39 is 0 Å². The van der Waals surface area contributed by atoms with Gasteiger partial charge in [0.1, 0.15) is 6.33 Å². The summed E-state index contributed by atoms with van der Waals surface area (Å²) in [6, 6.07) is 0.708. The predicted molar refractivity (Wildman–Crippen MR) is 60.9 cm³/mol. The molecule has 1 saturated heterocycles. The molecular weight excluding hydrogens is 186 g/mol. The van der Waals surface area contributed by atoms with Crippen LogP contribution in [-0.4, -0.2) is 22.6 Å². The molecule has 0 radical (unpaired) electrons. The Morgan fingerprint density at radius 3 is 3.00 bits per heavy atom. The van der Waals surface area contributed by atoms with Crippen LogP contribution in [0.5, 0.6) is 0 Å². The van der Waals surface area contributed by atoms with Crippen molar-refractivity contribution in [2.45, 2.75) is 45.6 Å². The third-order valence-electron chi connectivity index (χ3n) is 3.33. The van der Waals surface area contributed by atoms with E-state index in [9.17, 15) is 0 Å². The highest BCUT2D eigenvalue weighted by Gasteiger charge is 2.14. The lowest BCUT2D eigenvalue weighted by molar-refractivity contribution is 0.554. The molecule has 0 amide bonds. The Morgan fingerprint density at radius 1 is 1.40 bits per heavy atom. The molecule has 3 heteroatoms. The summed E-state index contributed by atoms with van der Waals surface area (Å²) in [6.07, 6.45) is 6.61. The molecule has 0 saturated carbocycles. The number of hydrogen-bond acceptors (Lipinski definition) is 3. The van der Waals surface area contributed by atoms with Crippen LogP contribution in [0.4, 0.5) is 0 Å². The average molecular weight is 205 g/mol. The smallest absolute Gasteiger partial charge is 0.115 e. The predicted octanol–water partition coefficient (Wildman–Crippen LogP) is 1.78. The molecule has 1 aliphatic rings. The summed E-state index contributed by atoms with van der Waals surface area (Å²) in [6.45, 7) is 5.35. The van der Waals surface area contributed by atoms with E-state index in [1.54, 1.807) is 6.33 Å². The van der Waals surface area contributed by atoms with E-state index in [1.165, 1.54) is 37.1 Å². The first-order valence-electron chi connectivity index (χ1n) is 5.78. The Bertz CT molecular complexity index is 330. The number of nitrogens with one attached hydrogen (secondary N) is 1. The fourth-order valence-corrected chi connectivity index (χ4v) is 2.15. The summed E-state index contributed by atoms with van der Waals surface area (Å²) in [5.74, 6) is 0. The summed E-state index contributed by atoms with van der Waals surface area (Å²) in [5, 5.41) is 3.52. The van der Waals surface area contributed by atoms with E-state index in [2.05, 4.69) is 22.2 Å². The number of hydrogen-bond donors (Lipinski definition) is 1. The van der Waals surface area contributed by atoms with Crippen LogP contribution in [0.2, 0.25) is 0 Å². The average Bonchev–Trinajstić information content (AvgIpc) is 2.73. The molecule has 1 fully saturated rings. The summed E-state index contributed by atoms with van der Waals surface area (Å²) < 4.78 is 0. The Kier molecular flexibility index (Phi) is 3.31. The molecule has 1 aromatic heterocycles. The van der Waals surface area contributed by atoms with Gasteiger partial charge in [0, 0.05) is 17.4 Å². The van der Waals surface area contributed by atoms with Crippen LogP contribution in [0.1, 0.15) is 36.2 Å². The summed E-state index contributed by atoms with van der Waals surface area (Å²) >= 11 is 0. The van der Waals surface area contributed by atoms with E-state index in [0.29, 0.717) is 6.04 Å². The molecule has 3 nitrogen and oxygen atoms in total. The van der Waals surface area contributed by atoms with Crippen LogP contribution in [0.15, 0.2) is 6.33 Å². The first kappa shape index (κ1) is 10.6. The molecule has 1 aliphatic heterocycles. The fourth-order valence-electron chi connectivity index (χ4n) is 2.15. The molecule has 82 valence electrons. The first-order valence-corrected chi connectivity index (χ1v) is 5.78. The molecule has 1 unspecified atom stereocenters. The second-order valence-electron chi connectivity index (χ2n) is 4.36. The molecule has 0 spiro atoms. The van der Waals surface area contributed by atoms with Crippen LogP contribution >= 0.6 is 0 Å². The van der Waals surface area contributed by atoms with Crippen LogP contribution in [0.25, 0.3) is 0 Å². The van der Waals surface area contributed by atoms with Crippen molar-refractivity contribution >= 4 is 0 Å². The number of nitrogens with zero attached hydrogens (tertiary/aromatic N) is 2. The maximum Gasteiger partial charge on any atom is 0.115 e. The molecule has 15 heavy (non-hydrogen) atoms. The van der Waals surface area contributed by atoms with Gasteiger partial charge in [0.25, 0.3) is 0 Å². The van der Waals surface area contributed by atoms with E-state index in [-0.39, 0.29) is 0 Å². The van der Waals surface area contributed by atoms with Crippen molar-refractivity contribution in [2.24, 2.45) is 0 Å². The van der Waals surface area contributed by atoms with Gasteiger partial charge in [-0.05, 0) is 51.6 Å². The molecule has 1 N–H and O–H groups in total. The Hall–Kier alpha value is -0.960. The Balaban J connectivity index is 1.95. The Morgan fingerprint density at radius 2 is 2.27 bits per heavy atom. The van der Waals surface area contributed by atoms with Gasteiger partial charge in [-0.15, -0.1) is 0 Å². The minimum absolute atomic E-state index is 0.708. The molecule has 0 bridgehead atoms. The van der Waals surface area contributed by atoms with E-state index in [4.69, 9.17) is 0 Å². The zero-order valence-electron chi connectivity index (χ0n) is 9.58. The molecule has 0 aromatic carbocycles. The molecule has 1 aromatic rings. The van der Waals surface area contributed by atoms with Crippen molar-refractivity contribution in [3.05, 3.63) is 23.3 Å². The van der Waals surface area contributed by atoms with Crippen LogP contribution in [0, 0.1) is 13.8 Å². The maximum atomic E-state index is 4.36. The normalized spacial score (nSPS) is 20.8. The molecule has 2 heterocycles. The van der Waals surface area contributed by atoms with E-state index >= 15 is 0 Å². The standard InChI is InChI=1S/C12H19N3/c1-9-10(2)14-8-15-12(9)6-5-11-4-3-7-13-11/h8,11,13H,3-7H2,1-2H3. The second kappa shape index (κ2) is 4.71. The fraction of sp³-hybridized carbons (Fsp3) is 0.667. The van der Waals surface area contributed by atoms with Gasteiger partial charge in [0.05, 0.1) is 0 Å². The van der Waals surface area contributed by atoms with Crippen LogP contribution in [-0.2, 0) is 6.42 Å². The molecule has 2 rings (SSSR count). The second-order valence-corrected chi connectivity index (χ2v) is 4.36. The summed E-state index contributed by atoms with van der Waals surface area (Å²) in [5.41, 5.74) is 3.59. The van der Waals surface area contributed by atoms with Gasteiger partial charge in [-0.3, -0.25) is 0 Å². The van der Waals surface area contributed by atoms with Crippen molar-refractivity contribution in [1.29, 1.82) is 0 Å². The van der Waals surface area contributed by atoms with Crippen molar-refractivity contribution in [3.8, 4) is 0 Å². The van der Waals surface area contributed by atoms with E-state index in [1.807, 2.05) is 6.92 Å². The zero-order valence-corrected chi connectivity index (χ0v) is 9.58. The summed E-state index contributed by atoms with van der Waals surface area (Å²) in [4.78, 5) is 8.55. The molecule has 0 aliphatic carbocycles. The zero-order chi connectivity index (χ0) is 10.7. The highest BCUT2D eigenvalue weighted by atomic mass is 14.9. The number of aromatic nitrogens is 2. The van der Waals surface area contributed by atoms with Crippen molar-refractivity contribution < 1.29 is 0 Å². The minimum Gasteiger partial charge on any atom is -0.314 e. The van der Waals surface area contributed by atoms with Gasteiger partial charge < -0.3 is 5.32 Å². The minimum atomic E-state index is 0.708. The lowest BCUT2D eigenvalue weighted by Gasteiger charge is -2.11.